The normalized spacial score (nSPS) is 12.0. The Morgan fingerprint density at radius 1 is 0.923 bits per heavy atom. The van der Waals surface area contributed by atoms with Crippen LogP contribution in [-0.2, 0) is 21.6 Å². The second-order valence-electron chi connectivity index (χ2n) is 8.81. The Morgan fingerprint density at radius 3 is 2.08 bits per heavy atom. The third-order valence-corrected chi connectivity index (χ3v) is 6.20. The first-order chi connectivity index (χ1) is 19.0. The molecule has 0 aliphatic heterocycles. The molecule has 0 saturated carbocycles. The molecule has 8 nitrogen and oxygen atoms in total. The lowest BCUT2D eigenvalue weighted by Crippen LogP contribution is -2.51. The van der Waals surface area contributed by atoms with Gasteiger partial charge in [0, 0.05) is 11.8 Å². The second kappa shape index (κ2) is 12.9. The van der Waals surface area contributed by atoms with E-state index in [0.717, 1.165) is 11.3 Å². The van der Waals surface area contributed by atoms with Crippen molar-refractivity contribution in [2.24, 2.45) is 0 Å². The van der Waals surface area contributed by atoms with Crippen LogP contribution in [0.4, 0.5) is 0 Å². The number of hydrogen-bond donors (Lipinski definition) is 1. The van der Waals surface area contributed by atoms with Gasteiger partial charge in [0.25, 0.3) is 0 Å². The first kappa shape index (κ1) is 27.6. The number of carboxylic acid groups (broad SMARTS) is 1. The molecule has 0 spiro atoms. The summed E-state index contributed by atoms with van der Waals surface area (Å²) in [5.41, 5.74) is 1.31. The van der Waals surface area contributed by atoms with E-state index in [1.54, 1.807) is 13.0 Å². The standard InChI is InChI=1S/C31H32N2O6/c1-4-37-26-17-15-23(16-18-26)19-20-38-31(24-11-7-5-8-12-24,25-13-9-6-10-14-25)28(29(34)35)39-30-32-22(2)21-27(33-30)36-3/h5-18,21,28H,4,19-20H2,1-3H3,(H,34,35). The Hall–Kier alpha value is -4.43. The Balaban J connectivity index is 1.77. The highest BCUT2D eigenvalue weighted by molar-refractivity contribution is 5.76. The number of methoxy groups -OCH3 is 1. The molecular weight excluding hydrogens is 496 g/mol. The van der Waals surface area contributed by atoms with Crippen LogP contribution in [-0.4, -0.2) is 47.5 Å². The number of hydrogen-bond acceptors (Lipinski definition) is 7. The van der Waals surface area contributed by atoms with E-state index >= 15 is 0 Å². The number of carboxylic acids is 1. The molecule has 0 fully saturated rings. The Morgan fingerprint density at radius 2 is 1.54 bits per heavy atom. The number of carbonyl (C=O) groups is 1. The molecular formula is C31H32N2O6. The topological polar surface area (TPSA) is 100 Å². The summed E-state index contributed by atoms with van der Waals surface area (Å²) in [4.78, 5) is 21.5. The van der Waals surface area contributed by atoms with Gasteiger partial charge in [0.15, 0.2) is 5.60 Å². The SMILES string of the molecule is CCOc1ccc(CCOC(c2ccccc2)(c2ccccc2)C(Oc2nc(C)cc(OC)n2)C(=O)O)cc1. The molecule has 0 aliphatic carbocycles. The zero-order chi connectivity index (χ0) is 27.7. The molecule has 39 heavy (non-hydrogen) atoms. The van der Waals surface area contributed by atoms with Gasteiger partial charge in [-0.1, -0.05) is 72.8 Å². The number of aryl methyl sites for hydroxylation is 1. The fourth-order valence-corrected chi connectivity index (χ4v) is 4.42. The van der Waals surface area contributed by atoms with Gasteiger partial charge < -0.3 is 24.1 Å². The Kier molecular flexibility index (Phi) is 9.12. The average Bonchev–Trinajstić information content (AvgIpc) is 2.96. The molecule has 8 heteroatoms. The summed E-state index contributed by atoms with van der Waals surface area (Å²) in [6.45, 7) is 4.49. The molecule has 1 atom stereocenters. The van der Waals surface area contributed by atoms with Crippen molar-refractivity contribution in [2.75, 3.05) is 20.3 Å². The maximum Gasteiger partial charge on any atom is 0.348 e. The molecule has 0 saturated heterocycles. The lowest BCUT2D eigenvalue weighted by molar-refractivity contribution is -0.164. The summed E-state index contributed by atoms with van der Waals surface area (Å²) in [6.07, 6.45) is -0.997. The monoisotopic (exact) mass is 528 g/mol. The molecule has 1 heterocycles. The van der Waals surface area contributed by atoms with Crippen molar-refractivity contribution in [1.29, 1.82) is 0 Å². The third-order valence-electron chi connectivity index (χ3n) is 6.20. The van der Waals surface area contributed by atoms with Crippen LogP contribution in [0.5, 0.6) is 17.6 Å². The summed E-state index contributed by atoms with van der Waals surface area (Å²) in [7, 11) is 1.47. The van der Waals surface area contributed by atoms with Crippen LogP contribution in [0.25, 0.3) is 0 Å². The van der Waals surface area contributed by atoms with Gasteiger partial charge in [0.05, 0.1) is 20.3 Å². The van der Waals surface area contributed by atoms with Crippen molar-refractivity contribution < 1.29 is 28.8 Å². The van der Waals surface area contributed by atoms with Crippen LogP contribution >= 0.6 is 0 Å². The highest BCUT2D eigenvalue weighted by Gasteiger charge is 2.50. The summed E-state index contributed by atoms with van der Waals surface area (Å²) in [6, 6.07) is 27.7. The van der Waals surface area contributed by atoms with E-state index < -0.39 is 17.7 Å². The summed E-state index contributed by atoms with van der Waals surface area (Å²) < 4.78 is 23.5. The minimum absolute atomic E-state index is 0.120. The smallest absolute Gasteiger partial charge is 0.348 e. The first-order valence-electron chi connectivity index (χ1n) is 12.7. The van der Waals surface area contributed by atoms with Gasteiger partial charge >= 0.3 is 12.0 Å². The van der Waals surface area contributed by atoms with Gasteiger partial charge in [-0.2, -0.15) is 4.98 Å². The van der Waals surface area contributed by atoms with Crippen LogP contribution in [0.3, 0.4) is 0 Å². The molecule has 1 unspecified atom stereocenters. The average molecular weight is 529 g/mol. The number of aromatic nitrogens is 2. The minimum atomic E-state index is -1.53. The lowest BCUT2D eigenvalue weighted by Gasteiger charge is -2.39. The van der Waals surface area contributed by atoms with Crippen LogP contribution in [0.2, 0.25) is 0 Å². The van der Waals surface area contributed by atoms with Crippen molar-refractivity contribution in [3.8, 4) is 17.6 Å². The predicted octanol–water partition coefficient (Wildman–Crippen LogP) is 5.23. The van der Waals surface area contributed by atoms with Gasteiger partial charge in [-0.15, -0.1) is 0 Å². The van der Waals surface area contributed by atoms with Gasteiger partial charge in [0.2, 0.25) is 12.0 Å². The quantitative estimate of drug-likeness (QED) is 0.252. The maximum atomic E-state index is 13.0. The van der Waals surface area contributed by atoms with Crippen molar-refractivity contribution in [3.05, 3.63) is 113 Å². The minimum Gasteiger partial charge on any atom is -0.494 e. The fourth-order valence-electron chi connectivity index (χ4n) is 4.42. The largest absolute Gasteiger partial charge is 0.494 e. The zero-order valence-corrected chi connectivity index (χ0v) is 22.2. The highest BCUT2D eigenvalue weighted by atomic mass is 16.6. The van der Waals surface area contributed by atoms with Crippen molar-refractivity contribution in [3.63, 3.8) is 0 Å². The van der Waals surface area contributed by atoms with Crippen LogP contribution in [0, 0.1) is 6.92 Å². The summed E-state index contributed by atoms with van der Waals surface area (Å²) >= 11 is 0. The molecule has 0 radical (unpaired) electrons. The number of ether oxygens (including phenoxy) is 4. The Bertz CT molecular complexity index is 1310. The number of benzene rings is 3. The van der Waals surface area contributed by atoms with E-state index in [-0.39, 0.29) is 18.5 Å². The zero-order valence-electron chi connectivity index (χ0n) is 22.2. The number of nitrogens with zero attached hydrogens (tertiary/aromatic N) is 2. The van der Waals surface area contributed by atoms with Gasteiger partial charge in [-0.3, -0.25) is 0 Å². The molecule has 0 aliphatic rings. The van der Waals surface area contributed by atoms with E-state index in [1.165, 1.54) is 7.11 Å². The van der Waals surface area contributed by atoms with Gasteiger partial charge in [-0.25, -0.2) is 9.78 Å². The van der Waals surface area contributed by atoms with Crippen LogP contribution in [0.15, 0.2) is 91.0 Å². The predicted molar refractivity (Wildman–Crippen MR) is 146 cm³/mol. The molecule has 4 aromatic rings. The van der Waals surface area contributed by atoms with Crippen molar-refractivity contribution >= 4 is 5.97 Å². The van der Waals surface area contributed by atoms with Crippen molar-refractivity contribution in [2.45, 2.75) is 32.0 Å². The van der Waals surface area contributed by atoms with Crippen molar-refractivity contribution in [1.82, 2.24) is 9.97 Å². The molecule has 0 amide bonds. The second-order valence-corrected chi connectivity index (χ2v) is 8.81. The third kappa shape index (κ3) is 6.53. The van der Waals surface area contributed by atoms with Gasteiger partial charge in [0.1, 0.15) is 5.75 Å². The van der Waals surface area contributed by atoms with Crippen LogP contribution < -0.4 is 14.2 Å². The Labute approximate surface area is 228 Å². The molecule has 4 rings (SSSR count). The molecule has 0 bridgehead atoms. The number of aliphatic carboxylic acids is 1. The maximum absolute atomic E-state index is 13.0. The number of rotatable bonds is 13. The molecule has 202 valence electrons. The molecule has 1 N–H and O–H groups in total. The van der Waals surface area contributed by atoms with Crippen LogP contribution in [0.1, 0.15) is 29.3 Å². The van der Waals surface area contributed by atoms with E-state index in [1.807, 2.05) is 91.9 Å². The van der Waals surface area contributed by atoms with E-state index in [9.17, 15) is 9.90 Å². The summed E-state index contributed by atoms with van der Waals surface area (Å²) in [5, 5.41) is 10.6. The highest BCUT2D eigenvalue weighted by Crippen LogP contribution is 2.39. The lowest BCUT2D eigenvalue weighted by atomic mass is 9.81. The van der Waals surface area contributed by atoms with E-state index in [0.29, 0.717) is 29.8 Å². The molecule has 1 aromatic heterocycles. The molecule has 3 aromatic carbocycles. The first-order valence-corrected chi connectivity index (χ1v) is 12.7. The van der Waals surface area contributed by atoms with E-state index in [4.69, 9.17) is 18.9 Å². The van der Waals surface area contributed by atoms with E-state index in [2.05, 4.69) is 9.97 Å². The fraction of sp³-hybridized carbons (Fsp3) is 0.258. The van der Waals surface area contributed by atoms with Gasteiger partial charge in [-0.05, 0) is 49.1 Å². The summed E-state index contributed by atoms with van der Waals surface area (Å²) in [5.74, 6) is -0.172.